The van der Waals surface area contributed by atoms with Crippen LogP contribution in [-0.2, 0) is 16.6 Å². The highest BCUT2D eigenvalue weighted by molar-refractivity contribution is 5.79. The van der Waals surface area contributed by atoms with Crippen LogP contribution in [-0.4, -0.2) is 26.1 Å². The Hall–Kier alpha value is -1.55. The largest absolute Gasteiger partial charge is 0.496 e. The Morgan fingerprint density at radius 3 is 2.52 bits per heavy atom. The average molecular weight is 292 g/mol. The van der Waals surface area contributed by atoms with Gasteiger partial charge in [-0.2, -0.15) is 0 Å². The number of hydrogen-bond donors (Lipinski definition) is 2. The number of hydrogen-bond acceptors (Lipinski definition) is 3. The average Bonchev–Trinajstić information content (AvgIpc) is 2.37. The summed E-state index contributed by atoms with van der Waals surface area (Å²) in [4.78, 5) is 12.0. The molecule has 0 bridgehead atoms. The maximum atomic E-state index is 12.0. The second kappa shape index (κ2) is 7.46. The van der Waals surface area contributed by atoms with Crippen molar-refractivity contribution in [1.29, 1.82) is 0 Å². The van der Waals surface area contributed by atoms with Gasteiger partial charge in [-0.1, -0.05) is 38.5 Å². The summed E-state index contributed by atoms with van der Waals surface area (Å²) in [6.45, 7) is 9.70. The smallest absolute Gasteiger partial charge is 0.224 e. The summed E-state index contributed by atoms with van der Waals surface area (Å²) in [5.41, 5.74) is 8.62. The van der Waals surface area contributed by atoms with E-state index in [1.165, 1.54) is 0 Å². The molecule has 1 aromatic rings. The van der Waals surface area contributed by atoms with Crippen molar-refractivity contribution in [1.82, 2.24) is 5.32 Å². The molecule has 118 valence electrons. The summed E-state index contributed by atoms with van der Waals surface area (Å²) in [6.07, 6.45) is 1.13. The van der Waals surface area contributed by atoms with Crippen LogP contribution in [0.1, 0.15) is 43.9 Å². The number of carbonyl (C=O) groups excluding carboxylic acids is 1. The molecule has 1 aromatic carbocycles. The fourth-order valence-corrected chi connectivity index (χ4v) is 2.34. The van der Waals surface area contributed by atoms with E-state index in [-0.39, 0.29) is 11.3 Å². The number of rotatable bonds is 6. The van der Waals surface area contributed by atoms with Gasteiger partial charge in [-0.3, -0.25) is 4.79 Å². The Bertz CT molecular complexity index is 490. The first-order chi connectivity index (χ1) is 9.79. The fourth-order valence-electron chi connectivity index (χ4n) is 2.34. The van der Waals surface area contributed by atoms with Gasteiger partial charge in [0, 0.05) is 17.7 Å². The van der Waals surface area contributed by atoms with E-state index in [0.29, 0.717) is 19.5 Å². The van der Waals surface area contributed by atoms with E-state index in [2.05, 4.69) is 32.2 Å². The van der Waals surface area contributed by atoms with Gasteiger partial charge in [-0.25, -0.2) is 0 Å². The molecule has 4 nitrogen and oxygen atoms in total. The van der Waals surface area contributed by atoms with E-state index < -0.39 is 0 Å². The number of nitrogens with two attached hydrogens (primary N) is 1. The zero-order valence-corrected chi connectivity index (χ0v) is 13.9. The molecule has 0 fully saturated rings. The first-order valence-corrected chi connectivity index (χ1v) is 7.44. The van der Waals surface area contributed by atoms with Crippen molar-refractivity contribution in [3.8, 4) is 5.75 Å². The monoisotopic (exact) mass is 292 g/mol. The number of carbonyl (C=O) groups is 1. The number of nitrogens with one attached hydrogen (secondary N) is 1. The van der Waals surface area contributed by atoms with Crippen molar-refractivity contribution >= 4 is 5.91 Å². The van der Waals surface area contributed by atoms with Crippen LogP contribution in [0.5, 0.6) is 5.75 Å². The normalized spacial score (nSPS) is 11.3. The second-order valence-electron chi connectivity index (χ2n) is 6.42. The number of ether oxygens (including phenoxy) is 1. The Labute approximate surface area is 128 Å². The SMILES string of the molecule is COc1c(CC(=O)NCCCN)cc(C)cc1C(C)(C)C. The zero-order valence-electron chi connectivity index (χ0n) is 13.9. The van der Waals surface area contributed by atoms with Gasteiger partial charge in [-0.05, 0) is 25.3 Å². The molecule has 0 atom stereocenters. The van der Waals surface area contributed by atoms with Crippen LogP contribution in [0, 0.1) is 6.92 Å². The quantitative estimate of drug-likeness (QED) is 0.791. The van der Waals surface area contributed by atoms with Gasteiger partial charge in [0.15, 0.2) is 0 Å². The third-order valence-electron chi connectivity index (χ3n) is 3.38. The first kappa shape index (κ1) is 17.5. The number of methoxy groups -OCH3 is 1. The number of benzene rings is 1. The van der Waals surface area contributed by atoms with Crippen LogP contribution in [0.4, 0.5) is 0 Å². The van der Waals surface area contributed by atoms with Crippen LogP contribution in [0.3, 0.4) is 0 Å². The van der Waals surface area contributed by atoms with E-state index in [9.17, 15) is 4.79 Å². The molecule has 0 spiro atoms. The van der Waals surface area contributed by atoms with Crippen molar-refractivity contribution in [3.05, 3.63) is 28.8 Å². The van der Waals surface area contributed by atoms with Gasteiger partial charge in [0.2, 0.25) is 5.91 Å². The highest BCUT2D eigenvalue weighted by Gasteiger charge is 2.22. The molecule has 0 saturated heterocycles. The molecule has 1 amide bonds. The molecular weight excluding hydrogens is 264 g/mol. The summed E-state index contributed by atoms with van der Waals surface area (Å²) in [5.74, 6) is 0.828. The van der Waals surface area contributed by atoms with Crippen molar-refractivity contribution in [3.63, 3.8) is 0 Å². The minimum Gasteiger partial charge on any atom is -0.496 e. The maximum Gasteiger partial charge on any atom is 0.224 e. The van der Waals surface area contributed by atoms with Gasteiger partial charge >= 0.3 is 0 Å². The Morgan fingerprint density at radius 1 is 1.33 bits per heavy atom. The predicted octanol–water partition coefficient (Wildman–Crippen LogP) is 2.31. The highest BCUT2D eigenvalue weighted by atomic mass is 16.5. The summed E-state index contributed by atoms with van der Waals surface area (Å²) < 4.78 is 5.58. The maximum absolute atomic E-state index is 12.0. The van der Waals surface area contributed by atoms with Crippen molar-refractivity contribution in [2.24, 2.45) is 5.73 Å². The molecule has 0 saturated carbocycles. The van der Waals surface area contributed by atoms with Crippen LogP contribution in [0.2, 0.25) is 0 Å². The molecule has 1 rings (SSSR count). The summed E-state index contributed by atoms with van der Waals surface area (Å²) in [5, 5.41) is 2.89. The Balaban J connectivity index is 3.01. The zero-order chi connectivity index (χ0) is 16.0. The van der Waals surface area contributed by atoms with Gasteiger partial charge < -0.3 is 15.8 Å². The minimum atomic E-state index is -0.0257. The van der Waals surface area contributed by atoms with Gasteiger partial charge in [0.05, 0.1) is 13.5 Å². The highest BCUT2D eigenvalue weighted by Crippen LogP contribution is 2.35. The lowest BCUT2D eigenvalue weighted by molar-refractivity contribution is -0.120. The Kier molecular flexibility index (Phi) is 6.21. The molecule has 0 aliphatic rings. The predicted molar refractivity (Wildman–Crippen MR) is 86.8 cm³/mol. The standard InChI is InChI=1S/C17H28N2O2/c1-12-9-13(11-15(20)19-8-6-7-18)16(21-5)14(10-12)17(2,3)4/h9-10H,6-8,11,18H2,1-5H3,(H,19,20). The van der Waals surface area contributed by atoms with Gasteiger partial charge in [0.25, 0.3) is 0 Å². The van der Waals surface area contributed by atoms with Crippen molar-refractivity contribution in [2.45, 2.75) is 46.0 Å². The molecule has 4 heteroatoms. The molecule has 0 heterocycles. The molecule has 21 heavy (non-hydrogen) atoms. The van der Waals surface area contributed by atoms with Gasteiger partial charge in [-0.15, -0.1) is 0 Å². The third kappa shape index (κ3) is 5.05. The van der Waals surface area contributed by atoms with Crippen molar-refractivity contribution in [2.75, 3.05) is 20.2 Å². The molecule has 0 aromatic heterocycles. The lowest BCUT2D eigenvalue weighted by Crippen LogP contribution is -2.28. The van der Waals surface area contributed by atoms with E-state index in [4.69, 9.17) is 10.5 Å². The summed E-state index contributed by atoms with van der Waals surface area (Å²) in [6, 6.07) is 4.16. The summed E-state index contributed by atoms with van der Waals surface area (Å²) in [7, 11) is 1.66. The fraction of sp³-hybridized carbons (Fsp3) is 0.588. The molecule has 0 aliphatic heterocycles. The summed E-state index contributed by atoms with van der Waals surface area (Å²) >= 11 is 0. The second-order valence-corrected chi connectivity index (χ2v) is 6.42. The Morgan fingerprint density at radius 2 is 2.00 bits per heavy atom. The molecule has 0 aliphatic carbocycles. The van der Waals surface area contributed by atoms with Crippen molar-refractivity contribution < 1.29 is 9.53 Å². The van der Waals surface area contributed by atoms with E-state index in [1.54, 1.807) is 7.11 Å². The molecule has 3 N–H and O–H groups in total. The third-order valence-corrected chi connectivity index (χ3v) is 3.38. The van der Waals surface area contributed by atoms with Crippen LogP contribution < -0.4 is 15.8 Å². The van der Waals surface area contributed by atoms with Gasteiger partial charge in [0.1, 0.15) is 5.75 Å². The molecule has 0 radical (unpaired) electrons. The number of amides is 1. The van der Waals surface area contributed by atoms with E-state index in [1.807, 2.05) is 13.0 Å². The lowest BCUT2D eigenvalue weighted by Gasteiger charge is -2.24. The molecular formula is C17H28N2O2. The lowest BCUT2D eigenvalue weighted by atomic mass is 9.83. The van der Waals surface area contributed by atoms with E-state index in [0.717, 1.165) is 28.9 Å². The van der Waals surface area contributed by atoms with Crippen LogP contribution in [0.25, 0.3) is 0 Å². The number of aryl methyl sites for hydroxylation is 1. The van der Waals surface area contributed by atoms with Crippen LogP contribution >= 0.6 is 0 Å². The first-order valence-electron chi connectivity index (χ1n) is 7.44. The topological polar surface area (TPSA) is 64.3 Å². The van der Waals surface area contributed by atoms with Crippen LogP contribution in [0.15, 0.2) is 12.1 Å². The molecule has 0 unspecified atom stereocenters. The van der Waals surface area contributed by atoms with E-state index >= 15 is 0 Å². The minimum absolute atomic E-state index is 0.00668.